The van der Waals surface area contributed by atoms with Gasteiger partial charge >= 0.3 is 0 Å². The van der Waals surface area contributed by atoms with E-state index >= 15 is 0 Å². The predicted molar refractivity (Wildman–Crippen MR) is 136 cm³/mol. The quantitative estimate of drug-likeness (QED) is 0.401. The summed E-state index contributed by atoms with van der Waals surface area (Å²) in [4.78, 5) is 32.5. The van der Waals surface area contributed by atoms with E-state index in [1.807, 2.05) is 46.7 Å². The molecule has 1 aliphatic carbocycles. The molecule has 1 N–H and O–H groups in total. The van der Waals surface area contributed by atoms with Gasteiger partial charge in [0, 0.05) is 29.8 Å². The second-order valence-corrected chi connectivity index (χ2v) is 10.3. The molecule has 4 aromatic rings. The molecule has 6 rings (SSSR count). The highest BCUT2D eigenvalue weighted by Gasteiger charge is 2.29. The minimum absolute atomic E-state index is 0.0464. The number of carbonyl (C=O) groups is 2. The molecule has 35 heavy (non-hydrogen) atoms. The van der Waals surface area contributed by atoms with Gasteiger partial charge in [-0.2, -0.15) is 0 Å². The van der Waals surface area contributed by atoms with E-state index < -0.39 is 0 Å². The lowest BCUT2D eigenvalue weighted by Gasteiger charge is -2.30. The first-order valence-corrected chi connectivity index (χ1v) is 13.2. The molecule has 1 saturated heterocycles. The average molecular weight is 486 g/mol. The van der Waals surface area contributed by atoms with Crippen LogP contribution in [0.5, 0.6) is 0 Å². The third-order valence-corrected chi connectivity index (χ3v) is 8.20. The van der Waals surface area contributed by atoms with Crippen molar-refractivity contribution in [1.29, 1.82) is 0 Å². The zero-order valence-electron chi connectivity index (χ0n) is 19.4. The van der Waals surface area contributed by atoms with Crippen molar-refractivity contribution >= 4 is 34.1 Å². The lowest BCUT2D eigenvalue weighted by molar-refractivity contribution is 0.0683. The van der Waals surface area contributed by atoms with Crippen molar-refractivity contribution in [3.05, 3.63) is 87.6 Å². The van der Waals surface area contributed by atoms with Crippen molar-refractivity contribution in [2.24, 2.45) is 0 Å². The van der Waals surface area contributed by atoms with E-state index in [0.29, 0.717) is 24.5 Å². The van der Waals surface area contributed by atoms with Crippen LogP contribution in [0.15, 0.2) is 64.4 Å². The summed E-state index contributed by atoms with van der Waals surface area (Å²) in [6, 6.07) is 17.9. The van der Waals surface area contributed by atoms with Gasteiger partial charge in [0.1, 0.15) is 11.3 Å². The maximum Gasteiger partial charge on any atom is 0.289 e. The number of hydrogen-bond donors (Lipinski definition) is 1. The van der Waals surface area contributed by atoms with Gasteiger partial charge in [0.2, 0.25) is 0 Å². The van der Waals surface area contributed by atoms with Gasteiger partial charge in [0.05, 0.1) is 11.0 Å². The number of fused-ring (bicyclic) bond motifs is 2. The van der Waals surface area contributed by atoms with Crippen LogP contribution in [-0.4, -0.2) is 34.8 Å². The number of carbonyl (C=O) groups excluding carboxylic acids is 2. The number of aryl methyl sites for hydroxylation is 1. The molecule has 0 saturated carbocycles. The molecule has 2 amide bonds. The largest absolute Gasteiger partial charge is 0.451 e. The summed E-state index contributed by atoms with van der Waals surface area (Å²) in [5, 5.41) is 6.99. The van der Waals surface area contributed by atoms with Crippen LogP contribution in [-0.2, 0) is 6.42 Å². The second-order valence-electron chi connectivity index (χ2n) is 9.40. The zero-order valence-corrected chi connectivity index (χ0v) is 20.2. The number of likely N-dealkylation sites (tertiary alicyclic amines) is 1. The summed E-state index contributed by atoms with van der Waals surface area (Å²) < 4.78 is 5.76. The molecule has 0 radical (unpaired) electrons. The lowest BCUT2D eigenvalue weighted by Crippen LogP contribution is -2.37. The third-order valence-electron chi connectivity index (χ3n) is 7.20. The molecule has 1 aliphatic heterocycles. The number of amides is 2. The Kier molecular flexibility index (Phi) is 5.86. The highest BCUT2D eigenvalue weighted by atomic mass is 32.1. The van der Waals surface area contributed by atoms with E-state index in [9.17, 15) is 9.59 Å². The summed E-state index contributed by atoms with van der Waals surface area (Å²) in [6.45, 7) is 1.31. The molecule has 2 aromatic heterocycles. The van der Waals surface area contributed by atoms with Crippen LogP contribution in [0.25, 0.3) is 11.0 Å². The molecule has 1 atom stereocenters. The fourth-order valence-electron chi connectivity index (χ4n) is 5.29. The van der Waals surface area contributed by atoms with Gasteiger partial charge in [-0.15, -0.1) is 11.3 Å². The molecule has 1 unspecified atom stereocenters. The first-order chi connectivity index (χ1) is 17.2. The van der Waals surface area contributed by atoms with Crippen LogP contribution in [0.1, 0.15) is 74.8 Å². The Morgan fingerprint density at radius 2 is 1.83 bits per heavy atom. The number of rotatable bonds is 4. The van der Waals surface area contributed by atoms with Crippen LogP contribution in [0.4, 0.5) is 0 Å². The number of nitrogens with zero attached hydrogens (tertiary/aromatic N) is 2. The van der Waals surface area contributed by atoms with Gasteiger partial charge in [-0.05, 0) is 55.4 Å². The number of aromatic nitrogens is 1. The van der Waals surface area contributed by atoms with E-state index in [0.717, 1.165) is 48.1 Å². The van der Waals surface area contributed by atoms with Gasteiger partial charge in [0.15, 0.2) is 5.76 Å². The second kappa shape index (κ2) is 9.30. The number of piperidine rings is 1. The Balaban J connectivity index is 1.08. The summed E-state index contributed by atoms with van der Waals surface area (Å²) in [7, 11) is 0. The summed E-state index contributed by atoms with van der Waals surface area (Å²) in [5.74, 6) is 0.483. The third kappa shape index (κ3) is 4.36. The van der Waals surface area contributed by atoms with Gasteiger partial charge in [-0.3, -0.25) is 9.59 Å². The van der Waals surface area contributed by atoms with Crippen LogP contribution in [0.2, 0.25) is 0 Å². The molecule has 0 spiro atoms. The number of benzene rings is 2. The minimum atomic E-state index is -0.105. The summed E-state index contributed by atoms with van der Waals surface area (Å²) >= 11 is 1.55. The highest BCUT2D eigenvalue weighted by Crippen LogP contribution is 2.33. The van der Waals surface area contributed by atoms with Crippen molar-refractivity contribution in [2.45, 2.75) is 44.1 Å². The van der Waals surface area contributed by atoms with Crippen molar-refractivity contribution < 1.29 is 14.0 Å². The Labute approximate surface area is 208 Å². The fraction of sp³-hybridized carbons (Fsp3) is 0.321. The fourth-order valence-corrected chi connectivity index (χ4v) is 6.26. The van der Waals surface area contributed by atoms with Crippen molar-refractivity contribution in [1.82, 2.24) is 15.2 Å². The van der Waals surface area contributed by atoms with Crippen molar-refractivity contribution in [2.75, 3.05) is 13.1 Å². The SMILES string of the molecule is O=C(NC1CCCc2ccccc21)c1csc(C2CCN(C(=O)c3cc4ccccc4o3)CC2)n1. The number of para-hydroxylation sites is 1. The molecule has 2 aliphatic rings. The van der Waals surface area contributed by atoms with Crippen LogP contribution >= 0.6 is 11.3 Å². The van der Waals surface area contributed by atoms with E-state index in [1.54, 1.807) is 11.3 Å². The summed E-state index contributed by atoms with van der Waals surface area (Å²) in [5.41, 5.74) is 3.78. The maximum atomic E-state index is 13.0. The Morgan fingerprint density at radius 3 is 2.69 bits per heavy atom. The molecule has 3 heterocycles. The monoisotopic (exact) mass is 485 g/mol. The highest BCUT2D eigenvalue weighted by molar-refractivity contribution is 7.09. The van der Waals surface area contributed by atoms with Crippen LogP contribution in [0.3, 0.4) is 0 Å². The predicted octanol–water partition coefficient (Wildman–Crippen LogP) is 5.72. The van der Waals surface area contributed by atoms with E-state index in [2.05, 4.69) is 23.5 Å². The van der Waals surface area contributed by atoms with Crippen LogP contribution in [0, 0.1) is 0 Å². The Hall–Kier alpha value is -3.45. The summed E-state index contributed by atoms with van der Waals surface area (Å²) in [6.07, 6.45) is 4.76. The Morgan fingerprint density at radius 1 is 1.03 bits per heavy atom. The van der Waals surface area contributed by atoms with E-state index in [1.165, 1.54) is 11.1 Å². The van der Waals surface area contributed by atoms with E-state index in [-0.39, 0.29) is 23.8 Å². The molecule has 2 aromatic carbocycles. The normalized spacial score (nSPS) is 18.4. The number of thiazole rings is 1. The van der Waals surface area contributed by atoms with Gasteiger partial charge < -0.3 is 14.6 Å². The molecule has 0 bridgehead atoms. The first kappa shape index (κ1) is 22.0. The molecular formula is C28H27N3O3S. The van der Waals surface area contributed by atoms with Crippen molar-refractivity contribution in [3.8, 4) is 0 Å². The molecule has 1 fully saturated rings. The van der Waals surface area contributed by atoms with Crippen molar-refractivity contribution in [3.63, 3.8) is 0 Å². The zero-order chi connectivity index (χ0) is 23.8. The number of hydrogen-bond acceptors (Lipinski definition) is 5. The maximum absolute atomic E-state index is 13.0. The molecule has 7 heteroatoms. The number of nitrogens with one attached hydrogen (secondary N) is 1. The Bertz CT molecular complexity index is 1350. The number of furan rings is 1. The smallest absolute Gasteiger partial charge is 0.289 e. The minimum Gasteiger partial charge on any atom is -0.451 e. The topological polar surface area (TPSA) is 75.4 Å². The van der Waals surface area contributed by atoms with E-state index in [4.69, 9.17) is 9.40 Å². The molecular weight excluding hydrogens is 458 g/mol. The first-order valence-electron chi connectivity index (χ1n) is 12.3. The average Bonchev–Trinajstić information content (AvgIpc) is 3.57. The van der Waals surface area contributed by atoms with Gasteiger partial charge in [-0.1, -0.05) is 42.5 Å². The van der Waals surface area contributed by atoms with Crippen LogP contribution < -0.4 is 5.32 Å². The lowest BCUT2D eigenvalue weighted by atomic mass is 9.88. The van der Waals surface area contributed by atoms with Gasteiger partial charge in [-0.25, -0.2) is 4.98 Å². The standard InChI is InChI=1S/C28H27N3O3S/c32-26(29-22-10-5-8-18-6-1-3-9-21(18)22)23-17-35-27(30-23)19-12-14-31(15-13-19)28(33)25-16-20-7-2-4-11-24(20)34-25/h1-4,6-7,9,11,16-17,19,22H,5,8,10,12-15H2,(H,29,32). The van der Waals surface area contributed by atoms with Gasteiger partial charge in [0.25, 0.3) is 11.8 Å². The molecule has 178 valence electrons. The molecule has 6 nitrogen and oxygen atoms in total.